The Morgan fingerprint density at radius 2 is 1.83 bits per heavy atom. The molecule has 1 aliphatic rings. The fraction of sp³-hybridized carbons (Fsp3) is 0.364. The van der Waals surface area contributed by atoms with Gasteiger partial charge in [-0.15, -0.1) is 0 Å². The molecule has 0 spiro atoms. The molecule has 0 unspecified atom stereocenters. The standard InChI is InChI=1S/C22H23BrF2N2O3/c1-30-20-13-19(25)18(23)12-17(20)22(29)26-8-11-27-9-6-15(7-10-27)21(28)14-2-4-16(24)5-3-14/h2-5,12-13,15H,6-11H2,1H3,(H,26,29). The van der Waals surface area contributed by atoms with E-state index in [0.717, 1.165) is 25.9 Å². The summed E-state index contributed by atoms with van der Waals surface area (Å²) in [6.07, 6.45) is 1.45. The zero-order chi connectivity index (χ0) is 21.7. The van der Waals surface area contributed by atoms with E-state index in [1.165, 1.54) is 43.5 Å². The van der Waals surface area contributed by atoms with Crippen molar-refractivity contribution in [3.8, 4) is 5.75 Å². The fourth-order valence-corrected chi connectivity index (χ4v) is 3.91. The van der Waals surface area contributed by atoms with Crippen LogP contribution in [0.1, 0.15) is 33.6 Å². The van der Waals surface area contributed by atoms with Gasteiger partial charge in [-0.25, -0.2) is 8.78 Å². The van der Waals surface area contributed by atoms with Gasteiger partial charge in [-0.3, -0.25) is 9.59 Å². The Morgan fingerprint density at radius 3 is 2.47 bits per heavy atom. The van der Waals surface area contributed by atoms with E-state index in [9.17, 15) is 18.4 Å². The number of halogens is 3. The minimum atomic E-state index is -0.499. The van der Waals surface area contributed by atoms with Crippen LogP contribution >= 0.6 is 15.9 Å². The maximum Gasteiger partial charge on any atom is 0.255 e. The number of ether oxygens (including phenoxy) is 1. The maximum atomic E-state index is 13.6. The zero-order valence-corrected chi connectivity index (χ0v) is 18.2. The number of rotatable bonds is 7. The van der Waals surface area contributed by atoms with Crippen LogP contribution in [0.25, 0.3) is 0 Å². The molecule has 0 aliphatic carbocycles. The number of benzene rings is 2. The third-order valence-electron chi connectivity index (χ3n) is 5.29. The van der Waals surface area contributed by atoms with Crippen molar-refractivity contribution in [3.63, 3.8) is 0 Å². The molecular weight excluding hydrogens is 458 g/mol. The number of hydrogen-bond donors (Lipinski definition) is 1. The Balaban J connectivity index is 1.46. The van der Waals surface area contributed by atoms with Crippen LogP contribution in [0.5, 0.6) is 5.75 Å². The van der Waals surface area contributed by atoms with Gasteiger partial charge in [0, 0.05) is 30.6 Å². The molecule has 1 aliphatic heterocycles. The Bertz CT molecular complexity index is 913. The maximum absolute atomic E-state index is 13.6. The largest absolute Gasteiger partial charge is 0.496 e. The van der Waals surface area contributed by atoms with Crippen LogP contribution in [-0.2, 0) is 0 Å². The summed E-state index contributed by atoms with van der Waals surface area (Å²) in [7, 11) is 1.39. The molecule has 1 amide bonds. The lowest BCUT2D eigenvalue weighted by Crippen LogP contribution is -2.41. The molecule has 0 saturated carbocycles. The van der Waals surface area contributed by atoms with Crippen LogP contribution in [0, 0.1) is 17.6 Å². The molecule has 160 valence electrons. The van der Waals surface area contributed by atoms with E-state index in [1.54, 1.807) is 0 Å². The smallest absolute Gasteiger partial charge is 0.255 e. The van der Waals surface area contributed by atoms with Crippen LogP contribution in [-0.4, -0.2) is 49.9 Å². The van der Waals surface area contributed by atoms with Crippen LogP contribution in [0.15, 0.2) is 40.9 Å². The number of likely N-dealkylation sites (tertiary alicyclic amines) is 1. The first-order chi connectivity index (χ1) is 14.4. The summed E-state index contributed by atoms with van der Waals surface area (Å²) in [6, 6.07) is 8.24. The van der Waals surface area contributed by atoms with Gasteiger partial charge in [0.2, 0.25) is 0 Å². The normalized spacial score (nSPS) is 15.1. The molecule has 1 fully saturated rings. The molecule has 0 radical (unpaired) electrons. The van der Waals surface area contributed by atoms with Gasteiger partial charge in [0.1, 0.15) is 17.4 Å². The fourth-order valence-electron chi connectivity index (χ4n) is 3.57. The average molecular weight is 481 g/mol. The Morgan fingerprint density at radius 1 is 1.17 bits per heavy atom. The Hall–Kier alpha value is -2.32. The van der Waals surface area contributed by atoms with Crippen molar-refractivity contribution >= 4 is 27.6 Å². The molecular formula is C22H23BrF2N2O3. The molecule has 30 heavy (non-hydrogen) atoms. The molecule has 5 nitrogen and oxygen atoms in total. The monoisotopic (exact) mass is 480 g/mol. The SMILES string of the molecule is COc1cc(F)c(Br)cc1C(=O)NCCN1CCC(C(=O)c2ccc(F)cc2)CC1. The minimum Gasteiger partial charge on any atom is -0.496 e. The van der Waals surface area contributed by atoms with E-state index in [1.807, 2.05) is 0 Å². The summed E-state index contributed by atoms with van der Waals surface area (Å²) in [5, 5.41) is 2.83. The van der Waals surface area contributed by atoms with Crippen molar-refractivity contribution in [3.05, 3.63) is 63.6 Å². The van der Waals surface area contributed by atoms with E-state index >= 15 is 0 Å². The molecule has 8 heteroatoms. The van der Waals surface area contributed by atoms with Crippen molar-refractivity contribution in [1.29, 1.82) is 0 Å². The second-order valence-corrected chi connectivity index (χ2v) is 8.06. The lowest BCUT2D eigenvalue weighted by molar-refractivity contribution is 0.0839. The van der Waals surface area contributed by atoms with Crippen LogP contribution in [0.2, 0.25) is 0 Å². The van der Waals surface area contributed by atoms with Gasteiger partial charge >= 0.3 is 0 Å². The summed E-state index contributed by atoms with van der Waals surface area (Å²) in [4.78, 5) is 27.2. The van der Waals surface area contributed by atoms with Crippen LogP contribution < -0.4 is 10.1 Å². The lowest BCUT2D eigenvalue weighted by atomic mass is 9.89. The summed E-state index contributed by atoms with van der Waals surface area (Å²) >= 11 is 3.08. The van der Waals surface area contributed by atoms with Gasteiger partial charge in [-0.1, -0.05) is 0 Å². The summed E-state index contributed by atoms with van der Waals surface area (Å²) in [5.41, 5.74) is 0.802. The molecule has 0 atom stereocenters. The van der Waals surface area contributed by atoms with E-state index < -0.39 is 5.82 Å². The van der Waals surface area contributed by atoms with Gasteiger partial charge in [0.05, 0.1) is 17.1 Å². The highest BCUT2D eigenvalue weighted by Crippen LogP contribution is 2.26. The summed E-state index contributed by atoms with van der Waals surface area (Å²) < 4.78 is 31.9. The molecule has 3 rings (SSSR count). The summed E-state index contributed by atoms with van der Waals surface area (Å²) in [6.45, 7) is 2.57. The molecule has 0 aromatic heterocycles. The first-order valence-corrected chi connectivity index (χ1v) is 10.5. The van der Waals surface area contributed by atoms with E-state index in [2.05, 4.69) is 26.1 Å². The highest BCUT2D eigenvalue weighted by Gasteiger charge is 2.25. The molecule has 2 aromatic carbocycles. The third kappa shape index (κ3) is 5.43. The second kappa shape index (κ2) is 10.1. The Kier molecular flexibility index (Phi) is 7.55. The summed E-state index contributed by atoms with van der Waals surface area (Å²) in [5.74, 6) is -1.03. The number of Topliss-reactive ketones (excluding diaryl/α,β-unsaturated/α-hetero) is 1. The van der Waals surface area contributed by atoms with Crippen LogP contribution in [0.4, 0.5) is 8.78 Å². The van der Waals surface area contributed by atoms with Crippen molar-refractivity contribution in [1.82, 2.24) is 10.2 Å². The van der Waals surface area contributed by atoms with Gasteiger partial charge in [-0.05, 0) is 72.2 Å². The highest BCUT2D eigenvalue weighted by atomic mass is 79.9. The number of carbonyl (C=O) groups is 2. The molecule has 1 saturated heterocycles. The number of ketones is 1. The molecule has 1 N–H and O–H groups in total. The van der Waals surface area contributed by atoms with Crippen molar-refractivity contribution < 1.29 is 23.1 Å². The number of hydrogen-bond acceptors (Lipinski definition) is 4. The molecule has 1 heterocycles. The third-order valence-corrected chi connectivity index (χ3v) is 5.90. The number of piperidine rings is 1. The average Bonchev–Trinajstić information content (AvgIpc) is 2.75. The second-order valence-electron chi connectivity index (χ2n) is 7.21. The molecule has 2 aromatic rings. The number of nitrogens with one attached hydrogen (secondary N) is 1. The van der Waals surface area contributed by atoms with Gasteiger partial charge in [0.15, 0.2) is 5.78 Å². The number of methoxy groups -OCH3 is 1. The van der Waals surface area contributed by atoms with Crippen molar-refractivity contribution in [2.24, 2.45) is 5.92 Å². The van der Waals surface area contributed by atoms with Crippen LogP contribution in [0.3, 0.4) is 0 Å². The lowest BCUT2D eigenvalue weighted by Gasteiger charge is -2.31. The predicted molar refractivity (Wildman–Crippen MR) is 113 cm³/mol. The first-order valence-electron chi connectivity index (χ1n) is 9.72. The van der Waals surface area contributed by atoms with Crippen molar-refractivity contribution in [2.75, 3.05) is 33.3 Å². The van der Waals surface area contributed by atoms with Gasteiger partial charge in [0.25, 0.3) is 5.91 Å². The predicted octanol–water partition coefficient (Wildman–Crippen LogP) is 4.06. The molecule has 0 bridgehead atoms. The number of nitrogens with zero attached hydrogens (tertiary/aromatic N) is 1. The Labute approximate surface area is 182 Å². The first kappa shape index (κ1) is 22.4. The quantitative estimate of drug-likeness (QED) is 0.607. The van der Waals surface area contributed by atoms with Crippen molar-refractivity contribution in [2.45, 2.75) is 12.8 Å². The van der Waals surface area contributed by atoms with E-state index in [-0.39, 0.29) is 39.2 Å². The number of carbonyl (C=O) groups excluding carboxylic acids is 2. The number of amides is 1. The van der Waals surface area contributed by atoms with E-state index in [0.29, 0.717) is 18.7 Å². The van der Waals surface area contributed by atoms with Gasteiger partial charge in [-0.2, -0.15) is 0 Å². The topological polar surface area (TPSA) is 58.6 Å². The minimum absolute atomic E-state index is 0.0527. The van der Waals surface area contributed by atoms with Gasteiger partial charge < -0.3 is 15.0 Å². The highest BCUT2D eigenvalue weighted by molar-refractivity contribution is 9.10. The zero-order valence-electron chi connectivity index (χ0n) is 16.6. The van der Waals surface area contributed by atoms with E-state index in [4.69, 9.17) is 4.74 Å².